The molecule has 0 spiro atoms. The molecule has 1 amide bonds. The zero-order valence-electron chi connectivity index (χ0n) is 21.6. The lowest BCUT2D eigenvalue weighted by Crippen LogP contribution is -2.49. The Morgan fingerprint density at radius 3 is 2.53 bits per heavy atom. The third kappa shape index (κ3) is 5.57. The number of hydrogen-bond acceptors (Lipinski definition) is 8. The van der Waals surface area contributed by atoms with E-state index in [1.807, 2.05) is 13.1 Å². The number of morpholine rings is 1. The lowest BCUT2D eigenvalue weighted by Gasteiger charge is -2.35. The summed E-state index contributed by atoms with van der Waals surface area (Å²) < 4.78 is 10.6. The fraction of sp³-hybridized carbons (Fsp3) is 0.593. The first-order chi connectivity index (χ1) is 17.6. The van der Waals surface area contributed by atoms with E-state index in [1.165, 1.54) is 5.56 Å². The zero-order chi connectivity index (χ0) is 24.9. The van der Waals surface area contributed by atoms with E-state index in [0.717, 1.165) is 88.2 Å². The van der Waals surface area contributed by atoms with Crippen LogP contribution in [-0.2, 0) is 15.9 Å². The fourth-order valence-electron chi connectivity index (χ4n) is 5.37. The Kier molecular flexibility index (Phi) is 7.87. The molecule has 2 saturated heterocycles. The molecule has 1 unspecified atom stereocenters. The molecule has 3 aliphatic heterocycles. The van der Waals surface area contributed by atoms with Crippen molar-refractivity contribution >= 4 is 17.6 Å². The molecular formula is C27H38N6O3. The quantitative estimate of drug-likeness (QED) is 0.582. The second-order valence-electron chi connectivity index (χ2n) is 9.82. The highest BCUT2D eigenvalue weighted by molar-refractivity contribution is 5.68. The van der Waals surface area contributed by atoms with Crippen molar-refractivity contribution in [2.24, 2.45) is 0 Å². The molecule has 0 radical (unpaired) electrons. The van der Waals surface area contributed by atoms with Gasteiger partial charge in [0.05, 0.1) is 19.8 Å². The normalized spacial score (nSPS) is 20.5. The van der Waals surface area contributed by atoms with Crippen molar-refractivity contribution in [3.8, 4) is 11.4 Å². The van der Waals surface area contributed by atoms with Gasteiger partial charge in [-0.2, -0.15) is 0 Å². The Bertz CT molecular complexity index is 1020. The van der Waals surface area contributed by atoms with Gasteiger partial charge in [0.15, 0.2) is 5.82 Å². The summed E-state index contributed by atoms with van der Waals surface area (Å²) in [4.78, 5) is 30.7. The first kappa shape index (κ1) is 24.8. The van der Waals surface area contributed by atoms with Crippen LogP contribution in [0.2, 0.25) is 0 Å². The average molecular weight is 495 g/mol. The summed E-state index contributed by atoms with van der Waals surface area (Å²) >= 11 is 0. The Hall–Kier alpha value is -2.91. The van der Waals surface area contributed by atoms with Crippen LogP contribution in [0, 0.1) is 0 Å². The van der Waals surface area contributed by atoms with E-state index < -0.39 is 0 Å². The van der Waals surface area contributed by atoms with Crippen LogP contribution in [0.4, 0.5) is 16.3 Å². The summed E-state index contributed by atoms with van der Waals surface area (Å²) in [6.07, 6.45) is 3.93. The van der Waals surface area contributed by atoms with Gasteiger partial charge in [0.1, 0.15) is 5.82 Å². The molecule has 36 heavy (non-hydrogen) atoms. The van der Waals surface area contributed by atoms with Crippen LogP contribution >= 0.6 is 0 Å². The largest absolute Gasteiger partial charge is 0.450 e. The van der Waals surface area contributed by atoms with Crippen molar-refractivity contribution in [3.05, 3.63) is 36.0 Å². The summed E-state index contributed by atoms with van der Waals surface area (Å²) in [6.45, 7) is 13.4. The van der Waals surface area contributed by atoms with E-state index in [0.29, 0.717) is 25.7 Å². The molecular weight excluding hydrogens is 456 g/mol. The maximum atomic E-state index is 12.0. The minimum atomic E-state index is -0.217. The second kappa shape index (κ2) is 11.4. The van der Waals surface area contributed by atoms with Crippen molar-refractivity contribution in [2.45, 2.75) is 32.7 Å². The number of piperazine rings is 1. The number of amides is 1. The first-order valence-electron chi connectivity index (χ1n) is 13.3. The predicted octanol–water partition coefficient (Wildman–Crippen LogP) is 2.90. The van der Waals surface area contributed by atoms with Crippen molar-refractivity contribution < 1.29 is 14.3 Å². The standard InChI is InChI=1S/C27H38N6O3/c1-3-36-27(34)32-13-11-31(12-14-32)24-7-5-22(6-8-24)25-28-20-23-19-21(2)33(26(23)29-25)10-4-9-30-15-17-35-18-16-30/h5-8,20-21H,3-4,9-19H2,1-2H3. The van der Waals surface area contributed by atoms with Crippen LogP contribution in [0.15, 0.2) is 30.5 Å². The molecule has 4 heterocycles. The number of benzene rings is 1. The second-order valence-corrected chi connectivity index (χ2v) is 9.82. The summed E-state index contributed by atoms with van der Waals surface area (Å²) in [5.41, 5.74) is 3.43. The maximum absolute atomic E-state index is 12.0. The highest BCUT2D eigenvalue weighted by Crippen LogP contribution is 2.32. The van der Waals surface area contributed by atoms with Crippen LogP contribution in [0.5, 0.6) is 0 Å². The van der Waals surface area contributed by atoms with Gasteiger partial charge in [-0.05, 0) is 51.0 Å². The molecule has 1 atom stereocenters. The third-order valence-corrected chi connectivity index (χ3v) is 7.43. The van der Waals surface area contributed by atoms with Crippen LogP contribution in [-0.4, -0.2) is 104 Å². The Morgan fingerprint density at radius 1 is 1.06 bits per heavy atom. The highest BCUT2D eigenvalue weighted by atomic mass is 16.6. The molecule has 0 N–H and O–H groups in total. The van der Waals surface area contributed by atoms with E-state index in [4.69, 9.17) is 19.4 Å². The topological polar surface area (TPSA) is 74.3 Å². The van der Waals surface area contributed by atoms with Gasteiger partial charge in [-0.1, -0.05) is 0 Å². The maximum Gasteiger partial charge on any atom is 0.409 e. The van der Waals surface area contributed by atoms with Gasteiger partial charge in [-0.25, -0.2) is 14.8 Å². The van der Waals surface area contributed by atoms with E-state index >= 15 is 0 Å². The molecule has 9 heteroatoms. The molecule has 194 valence electrons. The molecule has 0 bridgehead atoms. The van der Waals surface area contributed by atoms with Crippen molar-refractivity contribution in [2.75, 3.05) is 82.0 Å². The number of carbonyl (C=O) groups excluding carboxylic acids is 1. The average Bonchev–Trinajstić information content (AvgIpc) is 3.24. The van der Waals surface area contributed by atoms with Gasteiger partial charge in [0.25, 0.3) is 0 Å². The van der Waals surface area contributed by atoms with E-state index in [-0.39, 0.29) is 6.09 Å². The molecule has 3 aliphatic rings. The molecule has 5 rings (SSSR count). The smallest absolute Gasteiger partial charge is 0.409 e. The number of carbonyl (C=O) groups is 1. The molecule has 9 nitrogen and oxygen atoms in total. The van der Waals surface area contributed by atoms with Gasteiger partial charge in [-0.15, -0.1) is 0 Å². The Labute approximate surface area is 214 Å². The molecule has 0 aliphatic carbocycles. The van der Waals surface area contributed by atoms with Crippen molar-refractivity contribution in [1.29, 1.82) is 0 Å². The number of rotatable bonds is 7. The summed E-state index contributed by atoms with van der Waals surface area (Å²) in [6, 6.07) is 8.93. The van der Waals surface area contributed by atoms with Crippen LogP contribution in [0.25, 0.3) is 11.4 Å². The number of hydrogen-bond donors (Lipinski definition) is 0. The summed E-state index contributed by atoms with van der Waals surface area (Å²) in [7, 11) is 0. The first-order valence-corrected chi connectivity index (χ1v) is 13.3. The number of aromatic nitrogens is 2. The van der Waals surface area contributed by atoms with E-state index in [2.05, 4.69) is 45.9 Å². The van der Waals surface area contributed by atoms with Crippen LogP contribution in [0.1, 0.15) is 25.8 Å². The molecule has 0 saturated carbocycles. The van der Waals surface area contributed by atoms with Gasteiger partial charge < -0.3 is 24.2 Å². The molecule has 1 aromatic heterocycles. The molecule has 2 aromatic rings. The monoisotopic (exact) mass is 494 g/mol. The van der Waals surface area contributed by atoms with Gasteiger partial charge in [0.2, 0.25) is 0 Å². The lowest BCUT2D eigenvalue weighted by molar-refractivity contribution is 0.0376. The number of anilines is 2. The minimum Gasteiger partial charge on any atom is -0.450 e. The number of nitrogens with zero attached hydrogens (tertiary/aromatic N) is 6. The predicted molar refractivity (Wildman–Crippen MR) is 141 cm³/mol. The fourth-order valence-corrected chi connectivity index (χ4v) is 5.37. The SMILES string of the molecule is CCOC(=O)N1CCN(c2ccc(-c3ncc4c(n3)N(CCCN3CCOCC3)C(C)C4)cc2)CC1. The number of ether oxygens (including phenoxy) is 2. The zero-order valence-corrected chi connectivity index (χ0v) is 21.6. The van der Waals surface area contributed by atoms with Crippen LogP contribution in [0.3, 0.4) is 0 Å². The highest BCUT2D eigenvalue weighted by Gasteiger charge is 2.28. The minimum absolute atomic E-state index is 0.217. The van der Waals surface area contributed by atoms with Gasteiger partial charge >= 0.3 is 6.09 Å². The van der Waals surface area contributed by atoms with Gasteiger partial charge in [-0.3, -0.25) is 4.90 Å². The van der Waals surface area contributed by atoms with E-state index in [9.17, 15) is 4.79 Å². The van der Waals surface area contributed by atoms with Crippen LogP contribution < -0.4 is 9.80 Å². The van der Waals surface area contributed by atoms with Crippen molar-refractivity contribution in [1.82, 2.24) is 19.8 Å². The van der Waals surface area contributed by atoms with Gasteiger partial charge in [0, 0.05) is 81.4 Å². The molecule has 2 fully saturated rings. The molecule has 1 aromatic carbocycles. The summed E-state index contributed by atoms with van der Waals surface area (Å²) in [5.74, 6) is 1.87. The number of fused-ring (bicyclic) bond motifs is 1. The van der Waals surface area contributed by atoms with Crippen molar-refractivity contribution in [3.63, 3.8) is 0 Å². The Morgan fingerprint density at radius 2 is 1.81 bits per heavy atom. The summed E-state index contributed by atoms with van der Waals surface area (Å²) in [5, 5.41) is 0. The van der Waals surface area contributed by atoms with E-state index in [1.54, 1.807) is 4.90 Å². The third-order valence-electron chi connectivity index (χ3n) is 7.43. The Balaban J connectivity index is 1.20. The lowest BCUT2D eigenvalue weighted by atomic mass is 10.1.